The van der Waals surface area contributed by atoms with Crippen molar-refractivity contribution >= 4 is 17.4 Å². The van der Waals surface area contributed by atoms with Crippen LogP contribution in [0.25, 0.3) is 0 Å². The van der Waals surface area contributed by atoms with E-state index in [0.29, 0.717) is 24.0 Å². The molecule has 1 aliphatic rings. The van der Waals surface area contributed by atoms with E-state index in [1.165, 1.54) is 11.5 Å². The van der Waals surface area contributed by atoms with Crippen molar-refractivity contribution in [3.05, 3.63) is 22.8 Å². The molecule has 1 atom stereocenters. The van der Waals surface area contributed by atoms with Gasteiger partial charge in [-0.1, -0.05) is 9.64 Å². The lowest BCUT2D eigenvalue weighted by Gasteiger charge is -2.20. The summed E-state index contributed by atoms with van der Waals surface area (Å²) in [7, 11) is 0. The Kier molecular flexibility index (Phi) is 2.78. The quantitative estimate of drug-likeness (QED) is 0.811. The van der Waals surface area contributed by atoms with Crippen LogP contribution in [-0.4, -0.2) is 37.1 Å². The smallest absolute Gasteiger partial charge is 0.275 e. The molecule has 8 heteroatoms. The van der Waals surface area contributed by atoms with Crippen LogP contribution in [0.1, 0.15) is 41.1 Å². The second kappa shape index (κ2) is 4.45. The Bertz CT molecular complexity index is 552. The van der Waals surface area contributed by atoms with E-state index in [-0.39, 0.29) is 11.9 Å². The van der Waals surface area contributed by atoms with Crippen molar-refractivity contribution in [1.82, 2.24) is 24.6 Å². The van der Waals surface area contributed by atoms with E-state index in [9.17, 15) is 4.79 Å². The molecule has 3 heterocycles. The number of hydrogen-bond acceptors (Lipinski definition) is 7. The van der Waals surface area contributed by atoms with Gasteiger partial charge in [0, 0.05) is 18.8 Å². The van der Waals surface area contributed by atoms with Gasteiger partial charge in [0.2, 0.25) is 5.89 Å². The Morgan fingerprint density at radius 1 is 1.61 bits per heavy atom. The first-order valence-electron chi connectivity index (χ1n) is 5.64. The molecule has 1 saturated heterocycles. The van der Waals surface area contributed by atoms with E-state index in [1.54, 1.807) is 17.2 Å². The minimum absolute atomic E-state index is 0.114. The molecule has 1 amide bonds. The highest BCUT2D eigenvalue weighted by Gasteiger charge is 2.34. The first-order chi connectivity index (χ1) is 8.75. The fourth-order valence-corrected chi connectivity index (χ4v) is 2.56. The van der Waals surface area contributed by atoms with E-state index in [2.05, 4.69) is 19.7 Å². The molecule has 1 fully saturated rings. The number of rotatable bonds is 2. The zero-order valence-corrected chi connectivity index (χ0v) is 10.6. The van der Waals surface area contributed by atoms with Crippen LogP contribution in [0.4, 0.5) is 0 Å². The zero-order valence-electron chi connectivity index (χ0n) is 9.74. The monoisotopic (exact) mass is 265 g/mol. The van der Waals surface area contributed by atoms with Gasteiger partial charge in [-0.25, -0.2) is 0 Å². The minimum Gasteiger partial charge on any atom is -0.340 e. The molecule has 3 rings (SSSR count). The van der Waals surface area contributed by atoms with Gasteiger partial charge in [-0.3, -0.25) is 4.79 Å². The Balaban J connectivity index is 1.85. The van der Waals surface area contributed by atoms with Gasteiger partial charge in [-0.2, -0.15) is 4.98 Å². The van der Waals surface area contributed by atoms with Crippen LogP contribution in [0.15, 0.2) is 9.90 Å². The lowest BCUT2D eigenvalue weighted by Crippen LogP contribution is -2.31. The molecule has 1 aliphatic heterocycles. The summed E-state index contributed by atoms with van der Waals surface area (Å²) in [6.45, 7) is 2.43. The number of likely N-dealkylation sites (tertiary alicyclic amines) is 1. The molecule has 94 valence electrons. The number of carbonyl (C=O) groups excluding carboxylic acids is 1. The van der Waals surface area contributed by atoms with Crippen molar-refractivity contribution in [1.29, 1.82) is 0 Å². The number of amides is 1. The van der Waals surface area contributed by atoms with Gasteiger partial charge in [-0.05, 0) is 24.4 Å². The van der Waals surface area contributed by atoms with Gasteiger partial charge in [0.1, 0.15) is 0 Å². The average molecular weight is 265 g/mol. The molecule has 0 bridgehead atoms. The Morgan fingerprint density at radius 3 is 3.17 bits per heavy atom. The van der Waals surface area contributed by atoms with Crippen molar-refractivity contribution in [2.24, 2.45) is 0 Å². The first-order valence-corrected chi connectivity index (χ1v) is 6.47. The third-order valence-electron chi connectivity index (χ3n) is 2.93. The van der Waals surface area contributed by atoms with Crippen LogP contribution in [0, 0.1) is 6.92 Å². The molecule has 7 nitrogen and oxygen atoms in total. The van der Waals surface area contributed by atoms with Crippen molar-refractivity contribution in [2.45, 2.75) is 25.8 Å². The van der Waals surface area contributed by atoms with Gasteiger partial charge >= 0.3 is 0 Å². The van der Waals surface area contributed by atoms with Crippen molar-refractivity contribution in [2.75, 3.05) is 6.54 Å². The molecular formula is C10H11N5O2S. The summed E-state index contributed by atoms with van der Waals surface area (Å²) in [5, 5.41) is 9.36. The number of aryl methyl sites for hydroxylation is 1. The fourth-order valence-electron chi connectivity index (χ4n) is 2.13. The van der Waals surface area contributed by atoms with Crippen molar-refractivity contribution < 1.29 is 9.32 Å². The second-order valence-electron chi connectivity index (χ2n) is 4.12. The van der Waals surface area contributed by atoms with Crippen molar-refractivity contribution in [3.63, 3.8) is 0 Å². The maximum absolute atomic E-state index is 12.2. The third kappa shape index (κ3) is 1.88. The number of hydrogen-bond donors (Lipinski definition) is 0. The topological polar surface area (TPSA) is 85.0 Å². The van der Waals surface area contributed by atoms with Crippen molar-refractivity contribution in [3.8, 4) is 0 Å². The van der Waals surface area contributed by atoms with Gasteiger partial charge in [0.15, 0.2) is 11.5 Å². The first kappa shape index (κ1) is 11.3. The molecule has 0 saturated carbocycles. The number of nitrogens with zero attached hydrogens (tertiary/aromatic N) is 5. The predicted molar refractivity (Wildman–Crippen MR) is 62.0 cm³/mol. The molecule has 0 radical (unpaired) electrons. The van der Waals surface area contributed by atoms with Crippen LogP contribution in [-0.2, 0) is 0 Å². The maximum Gasteiger partial charge on any atom is 0.275 e. The van der Waals surface area contributed by atoms with E-state index in [0.717, 1.165) is 12.8 Å². The van der Waals surface area contributed by atoms with Gasteiger partial charge in [0.05, 0.1) is 6.04 Å². The lowest BCUT2D eigenvalue weighted by atomic mass is 10.2. The summed E-state index contributed by atoms with van der Waals surface area (Å²) in [6.07, 6.45) is 1.78. The van der Waals surface area contributed by atoms with Crippen LogP contribution in [0.3, 0.4) is 0 Å². The number of carbonyl (C=O) groups is 1. The van der Waals surface area contributed by atoms with Crippen LogP contribution >= 0.6 is 11.5 Å². The van der Waals surface area contributed by atoms with E-state index in [1.807, 2.05) is 0 Å². The Labute approximate surface area is 107 Å². The third-order valence-corrected chi connectivity index (χ3v) is 3.44. The SMILES string of the molecule is Cc1nc(C2CCCN2C(=O)c2csnn2)no1. The molecule has 0 spiro atoms. The maximum atomic E-state index is 12.2. The summed E-state index contributed by atoms with van der Waals surface area (Å²) in [5.41, 5.74) is 0.382. The molecule has 1 unspecified atom stereocenters. The molecule has 2 aromatic rings. The highest BCUT2D eigenvalue weighted by atomic mass is 32.1. The summed E-state index contributed by atoms with van der Waals surface area (Å²) in [5.74, 6) is 0.967. The highest BCUT2D eigenvalue weighted by molar-refractivity contribution is 7.03. The van der Waals surface area contributed by atoms with Gasteiger partial charge in [-0.15, -0.1) is 5.10 Å². The molecule has 0 aliphatic carbocycles. The van der Waals surface area contributed by atoms with E-state index >= 15 is 0 Å². The van der Waals surface area contributed by atoms with Crippen LogP contribution < -0.4 is 0 Å². The normalized spacial score (nSPS) is 19.4. The molecule has 2 aromatic heterocycles. The van der Waals surface area contributed by atoms with E-state index in [4.69, 9.17) is 4.52 Å². The molecule has 0 aromatic carbocycles. The predicted octanol–water partition coefficient (Wildman–Crippen LogP) is 1.21. The summed E-state index contributed by atoms with van der Waals surface area (Å²) < 4.78 is 8.68. The summed E-state index contributed by atoms with van der Waals surface area (Å²) >= 11 is 1.17. The number of aromatic nitrogens is 4. The largest absolute Gasteiger partial charge is 0.340 e. The minimum atomic E-state index is -0.117. The molecule has 18 heavy (non-hydrogen) atoms. The molecular weight excluding hydrogens is 254 g/mol. The zero-order chi connectivity index (χ0) is 12.5. The van der Waals surface area contributed by atoms with Crippen LogP contribution in [0.2, 0.25) is 0 Å². The standard InChI is InChI=1S/C10H11N5O2S/c1-6-11-9(13-17-6)8-3-2-4-15(8)10(16)7-5-18-14-12-7/h5,8H,2-4H2,1H3. The second-order valence-corrected chi connectivity index (χ2v) is 4.73. The van der Waals surface area contributed by atoms with Gasteiger partial charge in [0.25, 0.3) is 5.91 Å². The fraction of sp³-hybridized carbons (Fsp3) is 0.500. The molecule has 0 N–H and O–H groups in total. The van der Waals surface area contributed by atoms with Gasteiger partial charge < -0.3 is 9.42 Å². The average Bonchev–Trinajstić information content (AvgIpc) is 3.09. The summed E-state index contributed by atoms with van der Waals surface area (Å²) in [4.78, 5) is 18.2. The highest BCUT2D eigenvalue weighted by Crippen LogP contribution is 2.31. The summed E-state index contributed by atoms with van der Waals surface area (Å²) in [6, 6.07) is -0.114. The lowest BCUT2D eigenvalue weighted by molar-refractivity contribution is 0.0722. The Hall–Kier alpha value is -1.83. The Morgan fingerprint density at radius 2 is 2.50 bits per heavy atom. The van der Waals surface area contributed by atoms with Crippen LogP contribution in [0.5, 0.6) is 0 Å². The van der Waals surface area contributed by atoms with E-state index < -0.39 is 0 Å².